The minimum Gasteiger partial charge on any atom is -0.487 e. The van der Waals surface area contributed by atoms with Crippen molar-refractivity contribution < 1.29 is 19.4 Å². The van der Waals surface area contributed by atoms with E-state index in [9.17, 15) is 14.9 Å². The van der Waals surface area contributed by atoms with E-state index in [2.05, 4.69) is 37.2 Å². The Morgan fingerprint density at radius 2 is 1.66 bits per heavy atom. The first kappa shape index (κ1) is 23.3. The molecule has 0 unspecified atom stereocenters. The van der Waals surface area contributed by atoms with Gasteiger partial charge >= 0.3 is 5.97 Å². The molecule has 0 saturated heterocycles. The lowest BCUT2D eigenvalue weighted by atomic mass is 10.1. The summed E-state index contributed by atoms with van der Waals surface area (Å²) in [7, 11) is 0. The average molecular weight is 556 g/mol. The summed E-state index contributed by atoms with van der Waals surface area (Å²) in [5, 5.41) is 21.0. The van der Waals surface area contributed by atoms with Crippen molar-refractivity contribution in [3.8, 4) is 11.8 Å². The van der Waals surface area contributed by atoms with Crippen LogP contribution in [0.2, 0.25) is 0 Å². The topological polar surface area (TPSA) is 99.4 Å². The molecule has 3 aromatic rings. The summed E-state index contributed by atoms with van der Waals surface area (Å²) in [6.07, 6.45) is 1.46. The first-order chi connectivity index (χ1) is 15.4. The predicted molar refractivity (Wildman–Crippen MR) is 128 cm³/mol. The molecule has 2 N–H and O–H groups in total. The molecule has 6 nitrogen and oxygen atoms in total. The standard InChI is InChI=1S/C24H16Br2N2O4/c25-20-11-16(12-21(26)22(20)32-14-15-4-2-1-3-5-15)10-18(13-27)23(29)28-19-8-6-17(7-9-19)24(30)31/h1-12H,14H2,(H,28,29)(H,30,31)/b18-10+. The number of carboxylic acid groups (broad SMARTS) is 1. The number of hydrogen-bond acceptors (Lipinski definition) is 4. The summed E-state index contributed by atoms with van der Waals surface area (Å²) >= 11 is 6.95. The fraction of sp³-hybridized carbons (Fsp3) is 0.0417. The van der Waals surface area contributed by atoms with Gasteiger partial charge in [0.1, 0.15) is 24.0 Å². The van der Waals surface area contributed by atoms with E-state index in [0.29, 0.717) is 32.6 Å². The normalized spacial score (nSPS) is 10.8. The Labute approximate surface area is 201 Å². The second kappa shape index (κ2) is 10.8. The van der Waals surface area contributed by atoms with Crippen LogP contribution in [0.25, 0.3) is 6.08 Å². The molecule has 0 bridgehead atoms. The minimum atomic E-state index is -1.06. The van der Waals surface area contributed by atoms with Gasteiger partial charge in [-0.1, -0.05) is 30.3 Å². The Morgan fingerprint density at radius 3 is 2.22 bits per heavy atom. The van der Waals surface area contributed by atoms with Crippen molar-refractivity contribution in [3.63, 3.8) is 0 Å². The van der Waals surface area contributed by atoms with Gasteiger partial charge in [-0.15, -0.1) is 0 Å². The van der Waals surface area contributed by atoms with Crippen LogP contribution < -0.4 is 10.1 Å². The number of aromatic carboxylic acids is 1. The molecular formula is C24H16Br2N2O4. The molecule has 0 atom stereocenters. The predicted octanol–water partition coefficient (Wildman–Crippen LogP) is 6.03. The zero-order valence-corrected chi connectivity index (χ0v) is 19.7. The number of nitrogens with zero attached hydrogens (tertiary/aromatic N) is 1. The zero-order valence-electron chi connectivity index (χ0n) is 16.5. The minimum absolute atomic E-state index is 0.100. The number of carbonyl (C=O) groups is 2. The molecular weight excluding hydrogens is 540 g/mol. The van der Waals surface area contributed by atoms with E-state index < -0.39 is 11.9 Å². The van der Waals surface area contributed by atoms with Crippen molar-refractivity contribution in [2.75, 3.05) is 5.32 Å². The number of hydrogen-bond donors (Lipinski definition) is 2. The van der Waals surface area contributed by atoms with Crippen molar-refractivity contribution in [2.45, 2.75) is 6.61 Å². The lowest BCUT2D eigenvalue weighted by molar-refractivity contribution is -0.112. The van der Waals surface area contributed by atoms with Crippen molar-refractivity contribution in [2.24, 2.45) is 0 Å². The van der Waals surface area contributed by atoms with Gasteiger partial charge in [-0.3, -0.25) is 4.79 Å². The SMILES string of the molecule is N#C/C(=C\c1cc(Br)c(OCc2ccccc2)c(Br)c1)C(=O)Nc1ccc(C(=O)O)cc1. The molecule has 0 radical (unpaired) electrons. The van der Waals surface area contributed by atoms with Gasteiger partial charge in [-0.05, 0) is 85.5 Å². The maximum atomic E-state index is 12.5. The third kappa shape index (κ3) is 6.06. The fourth-order valence-corrected chi connectivity index (χ4v) is 4.19. The lowest BCUT2D eigenvalue weighted by Gasteiger charge is -2.12. The van der Waals surface area contributed by atoms with Crippen LogP contribution in [0.15, 0.2) is 81.2 Å². The maximum Gasteiger partial charge on any atom is 0.335 e. The molecule has 0 heterocycles. The summed E-state index contributed by atoms with van der Waals surface area (Å²) in [5.74, 6) is -1.06. The Kier molecular flexibility index (Phi) is 7.82. The molecule has 0 spiro atoms. The smallest absolute Gasteiger partial charge is 0.335 e. The van der Waals surface area contributed by atoms with Crippen LogP contribution >= 0.6 is 31.9 Å². The molecule has 8 heteroatoms. The van der Waals surface area contributed by atoms with E-state index in [4.69, 9.17) is 9.84 Å². The maximum absolute atomic E-state index is 12.5. The van der Waals surface area contributed by atoms with Crippen molar-refractivity contribution in [3.05, 3.63) is 97.9 Å². The van der Waals surface area contributed by atoms with Gasteiger partial charge in [-0.25, -0.2) is 4.79 Å². The van der Waals surface area contributed by atoms with Crippen LogP contribution in [-0.2, 0) is 11.4 Å². The average Bonchev–Trinajstić information content (AvgIpc) is 2.78. The van der Waals surface area contributed by atoms with E-state index in [1.807, 2.05) is 36.4 Å². The third-order valence-corrected chi connectivity index (χ3v) is 5.49. The molecule has 0 aliphatic carbocycles. The highest BCUT2D eigenvalue weighted by atomic mass is 79.9. The lowest BCUT2D eigenvalue weighted by Crippen LogP contribution is -2.13. The van der Waals surface area contributed by atoms with Gasteiger partial charge < -0.3 is 15.2 Å². The van der Waals surface area contributed by atoms with Gasteiger partial charge in [-0.2, -0.15) is 5.26 Å². The first-order valence-electron chi connectivity index (χ1n) is 9.29. The van der Waals surface area contributed by atoms with E-state index in [0.717, 1.165) is 5.56 Å². The van der Waals surface area contributed by atoms with Crippen molar-refractivity contribution >= 4 is 55.5 Å². The third-order valence-electron chi connectivity index (χ3n) is 4.31. The molecule has 1 amide bonds. The van der Waals surface area contributed by atoms with Gasteiger partial charge in [0, 0.05) is 5.69 Å². The van der Waals surface area contributed by atoms with Crippen LogP contribution in [-0.4, -0.2) is 17.0 Å². The Morgan fingerprint density at radius 1 is 1.03 bits per heavy atom. The van der Waals surface area contributed by atoms with Crippen molar-refractivity contribution in [1.29, 1.82) is 5.26 Å². The van der Waals surface area contributed by atoms with E-state index in [1.54, 1.807) is 12.1 Å². The van der Waals surface area contributed by atoms with Crippen LogP contribution in [0.3, 0.4) is 0 Å². The number of benzene rings is 3. The van der Waals surface area contributed by atoms with E-state index >= 15 is 0 Å². The molecule has 3 rings (SSSR count). The van der Waals surface area contributed by atoms with Crippen LogP contribution in [0.1, 0.15) is 21.5 Å². The number of ether oxygens (including phenoxy) is 1. The highest BCUT2D eigenvalue weighted by Crippen LogP contribution is 2.36. The Hall–Kier alpha value is -3.41. The largest absolute Gasteiger partial charge is 0.487 e. The number of carbonyl (C=O) groups excluding carboxylic acids is 1. The fourth-order valence-electron chi connectivity index (χ4n) is 2.74. The van der Waals surface area contributed by atoms with Crippen LogP contribution in [0.5, 0.6) is 5.75 Å². The van der Waals surface area contributed by atoms with E-state index in [1.165, 1.54) is 30.3 Å². The molecule has 32 heavy (non-hydrogen) atoms. The number of anilines is 1. The van der Waals surface area contributed by atoms with Crippen LogP contribution in [0, 0.1) is 11.3 Å². The van der Waals surface area contributed by atoms with Crippen LogP contribution in [0.4, 0.5) is 5.69 Å². The summed E-state index contributed by atoms with van der Waals surface area (Å²) in [6, 6.07) is 20.8. The molecule has 0 aliphatic rings. The summed E-state index contributed by atoms with van der Waals surface area (Å²) in [5.41, 5.74) is 2.01. The van der Waals surface area contributed by atoms with Gasteiger partial charge in [0.05, 0.1) is 14.5 Å². The second-order valence-electron chi connectivity index (χ2n) is 6.59. The van der Waals surface area contributed by atoms with Gasteiger partial charge in [0.15, 0.2) is 0 Å². The Balaban J connectivity index is 1.75. The molecule has 160 valence electrons. The highest BCUT2D eigenvalue weighted by molar-refractivity contribution is 9.11. The molecule has 0 fully saturated rings. The molecule has 0 aromatic heterocycles. The van der Waals surface area contributed by atoms with Gasteiger partial charge in [0.25, 0.3) is 5.91 Å². The number of carboxylic acids is 1. The van der Waals surface area contributed by atoms with Gasteiger partial charge in [0.2, 0.25) is 0 Å². The number of nitriles is 1. The summed E-state index contributed by atoms with van der Waals surface area (Å²) < 4.78 is 7.22. The zero-order chi connectivity index (χ0) is 23.1. The number of rotatable bonds is 7. The number of nitrogens with one attached hydrogen (secondary N) is 1. The Bertz CT molecular complexity index is 1190. The second-order valence-corrected chi connectivity index (χ2v) is 8.30. The quantitative estimate of drug-likeness (QED) is 0.274. The van der Waals surface area contributed by atoms with Crippen molar-refractivity contribution in [1.82, 2.24) is 0 Å². The molecule has 0 saturated carbocycles. The number of halogens is 2. The molecule has 0 aliphatic heterocycles. The number of amides is 1. The summed E-state index contributed by atoms with van der Waals surface area (Å²) in [4.78, 5) is 23.4. The monoisotopic (exact) mass is 554 g/mol. The highest BCUT2D eigenvalue weighted by Gasteiger charge is 2.13. The summed E-state index contributed by atoms with van der Waals surface area (Å²) in [6.45, 7) is 0.389. The first-order valence-corrected chi connectivity index (χ1v) is 10.9. The molecule has 3 aromatic carbocycles. The van der Waals surface area contributed by atoms with E-state index in [-0.39, 0.29) is 11.1 Å².